The van der Waals surface area contributed by atoms with Gasteiger partial charge in [-0.3, -0.25) is 0 Å². The van der Waals surface area contributed by atoms with E-state index in [1.807, 2.05) is 20.8 Å². The van der Waals surface area contributed by atoms with Crippen molar-refractivity contribution in [1.82, 2.24) is 10.6 Å². The Morgan fingerprint density at radius 2 is 2.18 bits per heavy atom. The molecule has 0 spiro atoms. The molecule has 100 valence electrons. The second kappa shape index (κ2) is 6.24. The van der Waals surface area contributed by atoms with Gasteiger partial charge in [0, 0.05) is 12.6 Å². The molecule has 1 heterocycles. The van der Waals surface area contributed by atoms with Crippen molar-refractivity contribution in [1.29, 1.82) is 0 Å². The largest absolute Gasteiger partial charge is 0.444 e. The Labute approximate surface area is 104 Å². The van der Waals surface area contributed by atoms with E-state index >= 15 is 0 Å². The fraction of sp³-hybridized carbons (Fsp3) is 0.923. The van der Waals surface area contributed by atoms with Gasteiger partial charge in [-0.15, -0.1) is 0 Å². The summed E-state index contributed by atoms with van der Waals surface area (Å²) < 4.78 is 5.29. The van der Waals surface area contributed by atoms with Crippen LogP contribution in [0.5, 0.6) is 0 Å². The number of rotatable bonds is 3. The van der Waals surface area contributed by atoms with Crippen LogP contribution in [-0.2, 0) is 4.74 Å². The Balaban J connectivity index is 2.44. The van der Waals surface area contributed by atoms with Crippen LogP contribution in [0.4, 0.5) is 4.79 Å². The third-order valence-electron chi connectivity index (χ3n) is 2.99. The van der Waals surface area contributed by atoms with Gasteiger partial charge in [0.2, 0.25) is 0 Å². The van der Waals surface area contributed by atoms with Gasteiger partial charge >= 0.3 is 6.09 Å². The third-order valence-corrected chi connectivity index (χ3v) is 2.99. The number of nitrogens with one attached hydrogen (secondary N) is 2. The van der Waals surface area contributed by atoms with Gasteiger partial charge in [0.05, 0.1) is 0 Å². The highest BCUT2D eigenvalue weighted by Gasteiger charge is 2.27. The second-order valence-corrected chi connectivity index (χ2v) is 5.79. The zero-order valence-electron chi connectivity index (χ0n) is 11.5. The summed E-state index contributed by atoms with van der Waals surface area (Å²) in [6, 6.07) is 0.207. The Bertz CT molecular complexity index is 246. The summed E-state index contributed by atoms with van der Waals surface area (Å²) in [4.78, 5) is 11.7. The first-order valence-electron chi connectivity index (χ1n) is 6.62. The van der Waals surface area contributed by atoms with Crippen molar-refractivity contribution in [3.8, 4) is 0 Å². The van der Waals surface area contributed by atoms with Crippen molar-refractivity contribution in [2.75, 3.05) is 13.1 Å². The molecule has 0 saturated carbocycles. The van der Waals surface area contributed by atoms with Gasteiger partial charge in [-0.1, -0.05) is 13.3 Å². The van der Waals surface area contributed by atoms with Crippen LogP contribution in [0.1, 0.15) is 47.0 Å². The van der Waals surface area contributed by atoms with Crippen molar-refractivity contribution < 1.29 is 9.53 Å². The van der Waals surface area contributed by atoms with E-state index in [2.05, 4.69) is 17.6 Å². The van der Waals surface area contributed by atoms with E-state index in [4.69, 9.17) is 4.74 Å². The van der Waals surface area contributed by atoms with E-state index in [-0.39, 0.29) is 12.1 Å². The number of piperidine rings is 1. The first-order chi connectivity index (χ1) is 7.92. The molecule has 0 aromatic rings. The van der Waals surface area contributed by atoms with Crippen LogP contribution in [0.25, 0.3) is 0 Å². The van der Waals surface area contributed by atoms with Crippen molar-refractivity contribution in [2.45, 2.75) is 58.6 Å². The molecule has 2 atom stereocenters. The minimum atomic E-state index is -0.424. The number of hydrogen-bond acceptors (Lipinski definition) is 3. The molecule has 4 heteroatoms. The zero-order chi connectivity index (χ0) is 12.9. The zero-order valence-corrected chi connectivity index (χ0v) is 11.5. The molecule has 1 aliphatic rings. The predicted molar refractivity (Wildman–Crippen MR) is 69.0 cm³/mol. The lowest BCUT2D eigenvalue weighted by atomic mass is 9.89. The van der Waals surface area contributed by atoms with Gasteiger partial charge in [0.1, 0.15) is 5.60 Å². The van der Waals surface area contributed by atoms with E-state index in [9.17, 15) is 4.79 Å². The Morgan fingerprint density at radius 3 is 2.76 bits per heavy atom. The molecule has 0 radical (unpaired) electrons. The SMILES string of the molecule is CCC[C@H]1CCNC[C@H]1NC(=O)OC(C)(C)C. The Morgan fingerprint density at radius 1 is 1.47 bits per heavy atom. The summed E-state index contributed by atoms with van der Waals surface area (Å²) in [7, 11) is 0. The fourth-order valence-electron chi connectivity index (χ4n) is 2.26. The maximum atomic E-state index is 11.7. The number of ether oxygens (including phenoxy) is 1. The number of amides is 1. The summed E-state index contributed by atoms with van der Waals surface area (Å²) in [5, 5.41) is 6.31. The van der Waals surface area contributed by atoms with Crippen LogP contribution in [0.3, 0.4) is 0 Å². The van der Waals surface area contributed by atoms with Crippen LogP contribution >= 0.6 is 0 Å². The molecule has 1 rings (SSSR count). The van der Waals surface area contributed by atoms with Crippen molar-refractivity contribution in [3.63, 3.8) is 0 Å². The molecule has 2 N–H and O–H groups in total. The summed E-state index contributed by atoms with van der Waals surface area (Å²) in [5.41, 5.74) is -0.424. The summed E-state index contributed by atoms with van der Waals surface area (Å²) >= 11 is 0. The maximum absolute atomic E-state index is 11.7. The van der Waals surface area contributed by atoms with Crippen LogP contribution in [0.15, 0.2) is 0 Å². The molecule has 1 amide bonds. The highest BCUT2D eigenvalue weighted by atomic mass is 16.6. The van der Waals surface area contributed by atoms with E-state index in [0.29, 0.717) is 5.92 Å². The summed E-state index contributed by atoms with van der Waals surface area (Å²) in [6.07, 6.45) is 3.17. The lowest BCUT2D eigenvalue weighted by molar-refractivity contribution is 0.0472. The minimum Gasteiger partial charge on any atom is -0.444 e. The van der Waals surface area contributed by atoms with Gasteiger partial charge in [0.25, 0.3) is 0 Å². The highest BCUT2D eigenvalue weighted by molar-refractivity contribution is 5.68. The quantitative estimate of drug-likeness (QED) is 0.798. The lowest BCUT2D eigenvalue weighted by Gasteiger charge is -2.33. The van der Waals surface area contributed by atoms with Crippen LogP contribution < -0.4 is 10.6 Å². The Hall–Kier alpha value is -0.770. The molecular formula is C13H26N2O2. The van der Waals surface area contributed by atoms with Gasteiger partial charge in [-0.2, -0.15) is 0 Å². The molecule has 1 aliphatic heterocycles. The monoisotopic (exact) mass is 242 g/mol. The molecule has 0 aromatic carbocycles. The first kappa shape index (κ1) is 14.3. The molecule has 1 fully saturated rings. The molecule has 4 nitrogen and oxygen atoms in total. The average Bonchev–Trinajstić information content (AvgIpc) is 2.18. The number of hydrogen-bond donors (Lipinski definition) is 2. The van der Waals surface area contributed by atoms with Crippen molar-refractivity contribution >= 4 is 6.09 Å². The van der Waals surface area contributed by atoms with Gasteiger partial charge in [0.15, 0.2) is 0 Å². The standard InChI is InChI=1S/C13H26N2O2/c1-5-6-10-7-8-14-9-11(10)15-12(16)17-13(2,3)4/h10-11,14H,5-9H2,1-4H3,(H,15,16)/t10-,11+/m0/s1. The first-order valence-corrected chi connectivity index (χ1v) is 6.62. The van der Waals surface area contributed by atoms with E-state index < -0.39 is 5.60 Å². The van der Waals surface area contributed by atoms with Gasteiger partial charge < -0.3 is 15.4 Å². The molecule has 1 saturated heterocycles. The fourth-order valence-corrected chi connectivity index (χ4v) is 2.26. The summed E-state index contributed by atoms with van der Waals surface area (Å²) in [5.74, 6) is 0.578. The molecule has 0 unspecified atom stereocenters. The number of alkyl carbamates (subject to hydrolysis) is 1. The topological polar surface area (TPSA) is 50.4 Å². The van der Waals surface area contributed by atoms with Crippen LogP contribution in [0, 0.1) is 5.92 Å². The van der Waals surface area contributed by atoms with E-state index in [1.54, 1.807) is 0 Å². The third kappa shape index (κ3) is 5.39. The van der Waals surface area contributed by atoms with Gasteiger partial charge in [-0.25, -0.2) is 4.79 Å². The number of carbonyl (C=O) groups is 1. The second-order valence-electron chi connectivity index (χ2n) is 5.79. The average molecular weight is 242 g/mol. The lowest BCUT2D eigenvalue weighted by Crippen LogP contribution is -2.52. The molecule has 0 aromatic heterocycles. The van der Waals surface area contributed by atoms with Crippen LogP contribution in [-0.4, -0.2) is 30.8 Å². The van der Waals surface area contributed by atoms with Crippen molar-refractivity contribution in [2.24, 2.45) is 5.92 Å². The van der Waals surface area contributed by atoms with E-state index in [1.165, 1.54) is 6.42 Å². The van der Waals surface area contributed by atoms with Crippen molar-refractivity contribution in [3.05, 3.63) is 0 Å². The van der Waals surface area contributed by atoms with E-state index in [0.717, 1.165) is 25.9 Å². The normalized spacial score (nSPS) is 25.4. The molecule has 17 heavy (non-hydrogen) atoms. The molecular weight excluding hydrogens is 216 g/mol. The summed E-state index contributed by atoms with van der Waals surface area (Å²) in [6.45, 7) is 9.74. The Kier molecular flexibility index (Phi) is 5.25. The molecule has 0 aliphatic carbocycles. The molecule has 0 bridgehead atoms. The minimum absolute atomic E-state index is 0.207. The number of carbonyl (C=O) groups excluding carboxylic acids is 1. The van der Waals surface area contributed by atoms with Gasteiger partial charge in [-0.05, 0) is 46.1 Å². The van der Waals surface area contributed by atoms with Crippen LogP contribution in [0.2, 0.25) is 0 Å². The maximum Gasteiger partial charge on any atom is 0.407 e. The highest BCUT2D eigenvalue weighted by Crippen LogP contribution is 2.19. The smallest absolute Gasteiger partial charge is 0.407 e. The predicted octanol–water partition coefficient (Wildman–Crippen LogP) is 2.29.